The van der Waals surface area contributed by atoms with E-state index in [0.29, 0.717) is 11.3 Å². The first-order valence-corrected chi connectivity index (χ1v) is 6.74. The van der Waals surface area contributed by atoms with Crippen LogP contribution < -0.4 is 0 Å². The molecule has 0 spiro atoms. The van der Waals surface area contributed by atoms with Crippen LogP contribution in [0.5, 0.6) is 0 Å². The van der Waals surface area contributed by atoms with Gasteiger partial charge in [-0.2, -0.15) is 0 Å². The molecule has 1 aliphatic rings. The summed E-state index contributed by atoms with van der Waals surface area (Å²) in [6, 6.07) is 0. The van der Waals surface area contributed by atoms with Crippen LogP contribution in [0.4, 0.5) is 0 Å². The zero-order valence-electron chi connectivity index (χ0n) is 11.4. The fraction of sp³-hybridized carbons (Fsp3) is 0.867. The van der Waals surface area contributed by atoms with Gasteiger partial charge in [-0.3, -0.25) is 0 Å². The number of hydrogen-bond acceptors (Lipinski definition) is 1. The van der Waals surface area contributed by atoms with Crippen LogP contribution in [0.3, 0.4) is 0 Å². The molecule has 0 aromatic rings. The van der Waals surface area contributed by atoms with E-state index in [2.05, 4.69) is 33.8 Å². The van der Waals surface area contributed by atoms with E-state index in [1.807, 2.05) is 0 Å². The SMILES string of the molecule is C/C1=C\CC(C)(C)CCC(O)[C@H](C)CCC1. The topological polar surface area (TPSA) is 20.2 Å². The van der Waals surface area contributed by atoms with Crippen molar-refractivity contribution in [1.82, 2.24) is 0 Å². The molecule has 0 aromatic heterocycles. The molecule has 0 aromatic carbocycles. The minimum Gasteiger partial charge on any atom is -0.393 e. The molecule has 16 heavy (non-hydrogen) atoms. The molecule has 1 nitrogen and oxygen atoms in total. The number of aliphatic hydroxyl groups excluding tert-OH is 1. The highest BCUT2D eigenvalue weighted by Crippen LogP contribution is 2.31. The number of aliphatic hydroxyl groups is 1. The highest BCUT2D eigenvalue weighted by Gasteiger charge is 2.21. The molecule has 1 unspecified atom stereocenters. The number of allylic oxidation sites excluding steroid dienone is 2. The van der Waals surface area contributed by atoms with Gasteiger partial charge in [-0.05, 0) is 56.8 Å². The lowest BCUT2D eigenvalue weighted by molar-refractivity contribution is 0.0877. The standard InChI is InChI=1S/C15H28O/c1-12-6-5-7-13(2)14(16)9-11-15(3,4)10-8-12/h8,13-14,16H,5-7,9-11H2,1-4H3/b12-8+/t13-,14?/m1/s1. The quantitative estimate of drug-likeness (QED) is 0.608. The van der Waals surface area contributed by atoms with Crippen LogP contribution >= 0.6 is 0 Å². The summed E-state index contributed by atoms with van der Waals surface area (Å²) in [5, 5.41) is 10.1. The van der Waals surface area contributed by atoms with Gasteiger partial charge in [0.25, 0.3) is 0 Å². The maximum atomic E-state index is 10.1. The Hall–Kier alpha value is -0.300. The third-order valence-electron chi connectivity index (χ3n) is 4.01. The average molecular weight is 224 g/mol. The van der Waals surface area contributed by atoms with Crippen molar-refractivity contribution in [2.24, 2.45) is 11.3 Å². The minimum atomic E-state index is -0.0994. The molecular formula is C15H28O. The summed E-state index contributed by atoms with van der Waals surface area (Å²) >= 11 is 0. The maximum Gasteiger partial charge on any atom is 0.0566 e. The molecule has 1 N–H and O–H groups in total. The molecule has 0 saturated heterocycles. The zero-order valence-corrected chi connectivity index (χ0v) is 11.4. The molecule has 2 atom stereocenters. The molecule has 0 saturated carbocycles. The summed E-state index contributed by atoms with van der Waals surface area (Å²) < 4.78 is 0. The summed E-state index contributed by atoms with van der Waals surface area (Å²) in [6.45, 7) is 9.06. The van der Waals surface area contributed by atoms with Gasteiger partial charge in [0.05, 0.1) is 6.10 Å². The molecule has 0 amide bonds. The first-order valence-electron chi connectivity index (χ1n) is 6.74. The van der Waals surface area contributed by atoms with Gasteiger partial charge >= 0.3 is 0 Å². The summed E-state index contributed by atoms with van der Waals surface area (Å²) in [5.74, 6) is 0.460. The van der Waals surface area contributed by atoms with E-state index in [4.69, 9.17) is 0 Å². The van der Waals surface area contributed by atoms with Gasteiger partial charge in [0.15, 0.2) is 0 Å². The van der Waals surface area contributed by atoms with Crippen LogP contribution in [-0.4, -0.2) is 11.2 Å². The van der Waals surface area contributed by atoms with Gasteiger partial charge in [-0.1, -0.05) is 32.4 Å². The molecule has 1 aliphatic carbocycles. The summed E-state index contributed by atoms with van der Waals surface area (Å²) in [6.07, 6.45) is 9.13. The third kappa shape index (κ3) is 4.69. The normalized spacial score (nSPS) is 35.9. The third-order valence-corrected chi connectivity index (χ3v) is 4.01. The van der Waals surface area contributed by atoms with Crippen LogP contribution in [0, 0.1) is 11.3 Å². The zero-order chi connectivity index (χ0) is 12.2. The fourth-order valence-electron chi connectivity index (χ4n) is 2.37. The first kappa shape index (κ1) is 13.8. The van der Waals surface area contributed by atoms with Gasteiger partial charge in [-0.25, -0.2) is 0 Å². The molecular weight excluding hydrogens is 196 g/mol. The van der Waals surface area contributed by atoms with E-state index in [1.54, 1.807) is 0 Å². The van der Waals surface area contributed by atoms with Crippen LogP contribution in [0.25, 0.3) is 0 Å². The smallest absolute Gasteiger partial charge is 0.0566 e. The van der Waals surface area contributed by atoms with Crippen molar-refractivity contribution in [3.63, 3.8) is 0 Å². The monoisotopic (exact) mass is 224 g/mol. The highest BCUT2D eigenvalue weighted by molar-refractivity contribution is 5.00. The molecule has 0 bridgehead atoms. The maximum absolute atomic E-state index is 10.1. The van der Waals surface area contributed by atoms with Crippen molar-refractivity contribution in [2.45, 2.75) is 72.3 Å². The Morgan fingerprint density at radius 2 is 2.00 bits per heavy atom. The summed E-state index contributed by atoms with van der Waals surface area (Å²) in [5.41, 5.74) is 1.86. The van der Waals surface area contributed by atoms with Crippen LogP contribution in [0.15, 0.2) is 11.6 Å². The highest BCUT2D eigenvalue weighted by atomic mass is 16.3. The minimum absolute atomic E-state index is 0.0994. The van der Waals surface area contributed by atoms with Crippen LogP contribution in [-0.2, 0) is 0 Å². The lowest BCUT2D eigenvalue weighted by Crippen LogP contribution is -2.21. The largest absolute Gasteiger partial charge is 0.393 e. The predicted molar refractivity (Wildman–Crippen MR) is 70.4 cm³/mol. The Kier molecular flexibility index (Phi) is 5.04. The molecule has 0 aliphatic heterocycles. The predicted octanol–water partition coefficient (Wildman–Crippen LogP) is 4.31. The van der Waals surface area contributed by atoms with Crippen LogP contribution in [0.2, 0.25) is 0 Å². The Morgan fingerprint density at radius 3 is 2.69 bits per heavy atom. The Labute approximate surface area is 101 Å². The van der Waals surface area contributed by atoms with Gasteiger partial charge in [-0.15, -0.1) is 0 Å². The van der Waals surface area contributed by atoms with Crippen molar-refractivity contribution in [2.75, 3.05) is 0 Å². The number of hydrogen-bond donors (Lipinski definition) is 1. The van der Waals surface area contributed by atoms with E-state index >= 15 is 0 Å². The second kappa shape index (κ2) is 5.86. The van der Waals surface area contributed by atoms with Gasteiger partial charge < -0.3 is 5.11 Å². The van der Waals surface area contributed by atoms with Crippen molar-refractivity contribution >= 4 is 0 Å². The Balaban J connectivity index is 2.66. The van der Waals surface area contributed by atoms with E-state index in [1.165, 1.54) is 18.4 Å². The van der Waals surface area contributed by atoms with Gasteiger partial charge in [0.2, 0.25) is 0 Å². The lowest BCUT2D eigenvalue weighted by atomic mass is 9.82. The van der Waals surface area contributed by atoms with Crippen molar-refractivity contribution in [3.8, 4) is 0 Å². The van der Waals surface area contributed by atoms with E-state index in [9.17, 15) is 5.11 Å². The molecule has 1 heteroatoms. The Morgan fingerprint density at radius 1 is 1.31 bits per heavy atom. The molecule has 1 rings (SSSR count). The average Bonchev–Trinajstić information content (AvgIpc) is 2.23. The van der Waals surface area contributed by atoms with Crippen LogP contribution in [0.1, 0.15) is 66.2 Å². The van der Waals surface area contributed by atoms with E-state index in [-0.39, 0.29) is 6.10 Å². The molecule has 94 valence electrons. The van der Waals surface area contributed by atoms with Gasteiger partial charge in [0, 0.05) is 0 Å². The molecule has 0 radical (unpaired) electrons. The van der Waals surface area contributed by atoms with Crippen molar-refractivity contribution < 1.29 is 5.11 Å². The number of rotatable bonds is 0. The van der Waals surface area contributed by atoms with Crippen molar-refractivity contribution in [3.05, 3.63) is 11.6 Å². The van der Waals surface area contributed by atoms with E-state index in [0.717, 1.165) is 25.7 Å². The van der Waals surface area contributed by atoms with Crippen molar-refractivity contribution in [1.29, 1.82) is 0 Å². The second-order valence-corrected chi connectivity index (χ2v) is 6.39. The van der Waals surface area contributed by atoms with E-state index < -0.39 is 0 Å². The second-order valence-electron chi connectivity index (χ2n) is 6.39. The lowest BCUT2D eigenvalue weighted by Gasteiger charge is -2.26. The summed E-state index contributed by atoms with van der Waals surface area (Å²) in [7, 11) is 0. The first-order chi connectivity index (χ1) is 7.41. The molecule has 0 heterocycles. The molecule has 0 fully saturated rings. The summed E-state index contributed by atoms with van der Waals surface area (Å²) in [4.78, 5) is 0. The fourth-order valence-corrected chi connectivity index (χ4v) is 2.37. The van der Waals surface area contributed by atoms with Gasteiger partial charge in [0.1, 0.15) is 0 Å². The Bertz CT molecular complexity index is 240.